The normalized spacial score (nSPS) is 14.0. The van der Waals surface area contributed by atoms with Gasteiger partial charge >= 0.3 is 0 Å². The minimum atomic E-state index is -0.238. The predicted molar refractivity (Wildman–Crippen MR) is 156 cm³/mol. The number of aromatic nitrogens is 6. The standard InChI is InChI=1S/C33H24N6O2/c1-20-27-28(22-15-17-24(40-2)18-16-22)29-31-35-30(26-14-8-10-21-9-6-7-13-25(21)26)37-38(31)19-34-32(29)41-33(27)39(36-20)23-11-4-3-5-12-23/h3-19,28H,1-2H3. The maximum Gasteiger partial charge on any atom is 0.230 e. The van der Waals surface area contributed by atoms with Gasteiger partial charge in [0, 0.05) is 5.56 Å². The molecule has 0 bridgehead atoms. The summed E-state index contributed by atoms with van der Waals surface area (Å²) >= 11 is 0. The monoisotopic (exact) mass is 536 g/mol. The molecule has 0 saturated heterocycles. The van der Waals surface area contributed by atoms with Crippen LogP contribution in [0.25, 0.3) is 33.5 Å². The van der Waals surface area contributed by atoms with Crippen molar-refractivity contribution in [3.8, 4) is 34.6 Å². The molecule has 0 amide bonds. The van der Waals surface area contributed by atoms with Crippen LogP contribution in [0, 0.1) is 6.92 Å². The summed E-state index contributed by atoms with van der Waals surface area (Å²) < 4.78 is 15.6. The third-order valence-electron chi connectivity index (χ3n) is 7.70. The van der Waals surface area contributed by atoms with E-state index in [4.69, 9.17) is 29.6 Å². The highest BCUT2D eigenvalue weighted by Crippen LogP contribution is 2.50. The average Bonchev–Trinajstić information content (AvgIpc) is 3.61. The van der Waals surface area contributed by atoms with Crippen molar-refractivity contribution in [2.75, 3.05) is 7.11 Å². The van der Waals surface area contributed by atoms with Crippen LogP contribution in [0.1, 0.15) is 28.3 Å². The first kappa shape index (κ1) is 23.4. The van der Waals surface area contributed by atoms with Gasteiger partial charge in [-0.05, 0) is 47.5 Å². The number of fused-ring (bicyclic) bond motifs is 5. The van der Waals surface area contributed by atoms with E-state index in [9.17, 15) is 0 Å². The van der Waals surface area contributed by atoms with Crippen LogP contribution in [0.4, 0.5) is 0 Å². The highest BCUT2D eigenvalue weighted by Gasteiger charge is 2.38. The fraction of sp³-hybridized carbons (Fsp3) is 0.0909. The Morgan fingerprint density at radius 2 is 1.59 bits per heavy atom. The average molecular weight is 537 g/mol. The van der Waals surface area contributed by atoms with Gasteiger partial charge < -0.3 is 9.47 Å². The summed E-state index contributed by atoms with van der Waals surface area (Å²) in [4.78, 5) is 9.84. The first-order chi connectivity index (χ1) is 20.2. The Morgan fingerprint density at radius 1 is 0.805 bits per heavy atom. The Bertz CT molecular complexity index is 2070. The molecule has 1 unspecified atom stereocenters. The van der Waals surface area contributed by atoms with E-state index < -0.39 is 0 Å². The number of benzene rings is 4. The summed E-state index contributed by atoms with van der Waals surface area (Å²) in [7, 11) is 1.67. The fourth-order valence-corrected chi connectivity index (χ4v) is 5.79. The molecule has 1 aliphatic rings. The molecule has 4 aromatic carbocycles. The van der Waals surface area contributed by atoms with Gasteiger partial charge in [0.1, 0.15) is 12.1 Å². The number of para-hydroxylation sites is 1. The molecular weight excluding hydrogens is 512 g/mol. The van der Waals surface area contributed by atoms with Crippen molar-refractivity contribution in [1.82, 2.24) is 29.4 Å². The SMILES string of the molecule is COc1ccc(C2c3c(C)nn(-c4ccccc4)c3Oc3ncn4nc(-c5cccc6ccccc56)nc4c32)cc1. The van der Waals surface area contributed by atoms with Crippen LogP contribution in [0.2, 0.25) is 0 Å². The topological polar surface area (TPSA) is 79.4 Å². The predicted octanol–water partition coefficient (Wildman–Crippen LogP) is 6.73. The number of hydrogen-bond acceptors (Lipinski definition) is 6. The molecule has 7 aromatic rings. The van der Waals surface area contributed by atoms with Gasteiger partial charge in [0.05, 0.1) is 35.5 Å². The molecule has 41 heavy (non-hydrogen) atoms. The van der Waals surface area contributed by atoms with Gasteiger partial charge in [0.2, 0.25) is 11.8 Å². The van der Waals surface area contributed by atoms with Crippen molar-refractivity contribution in [1.29, 1.82) is 0 Å². The van der Waals surface area contributed by atoms with Crippen LogP contribution in [-0.2, 0) is 0 Å². The van der Waals surface area contributed by atoms with Crippen LogP contribution >= 0.6 is 0 Å². The van der Waals surface area contributed by atoms with E-state index in [0.29, 0.717) is 23.2 Å². The molecule has 8 nitrogen and oxygen atoms in total. The highest BCUT2D eigenvalue weighted by atomic mass is 16.5. The molecule has 0 aliphatic carbocycles. The Labute approximate surface area is 235 Å². The molecule has 8 rings (SSSR count). The van der Waals surface area contributed by atoms with Crippen LogP contribution in [0.3, 0.4) is 0 Å². The lowest BCUT2D eigenvalue weighted by Gasteiger charge is -2.26. The summed E-state index contributed by atoms with van der Waals surface area (Å²) in [5, 5.41) is 12.0. The van der Waals surface area contributed by atoms with E-state index >= 15 is 0 Å². The molecule has 8 heteroatoms. The Hall–Kier alpha value is -5.50. The zero-order valence-electron chi connectivity index (χ0n) is 22.4. The number of rotatable bonds is 4. The number of ether oxygens (including phenoxy) is 2. The van der Waals surface area contributed by atoms with E-state index in [1.54, 1.807) is 18.0 Å². The molecular formula is C33H24N6O2. The zero-order valence-corrected chi connectivity index (χ0v) is 22.4. The van der Waals surface area contributed by atoms with Gasteiger partial charge in [-0.2, -0.15) is 5.10 Å². The second kappa shape index (κ2) is 9.02. The summed E-state index contributed by atoms with van der Waals surface area (Å²) in [6.45, 7) is 2.02. The maximum absolute atomic E-state index is 6.56. The molecule has 1 aliphatic heterocycles. The molecule has 0 saturated carbocycles. The van der Waals surface area contributed by atoms with Crippen molar-refractivity contribution in [3.05, 3.63) is 126 Å². The maximum atomic E-state index is 6.56. The first-order valence-electron chi connectivity index (χ1n) is 13.4. The first-order valence-corrected chi connectivity index (χ1v) is 13.4. The summed E-state index contributed by atoms with van der Waals surface area (Å²) in [6.07, 6.45) is 1.67. The molecule has 3 aromatic heterocycles. The van der Waals surface area contributed by atoms with Gasteiger partial charge in [-0.1, -0.05) is 72.8 Å². The lowest BCUT2D eigenvalue weighted by molar-refractivity contribution is 0.402. The number of nitrogens with zero attached hydrogens (tertiary/aromatic N) is 6. The molecule has 0 fully saturated rings. The largest absolute Gasteiger partial charge is 0.497 e. The highest BCUT2D eigenvalue weighted by molar-refractivity contribution is 5.95. The van der Waals surface area contributed by atoms with Crippen LogP contribution < -0.4 is 9.47 Å². The second-order valence-electron chi connectivity index (χ2n) is 10.1. The second-order valence-corrected chi connectivity index (χ2v) is 10.1. The molecule has 4 heterocycles. The quantitative estimate of drug-likeness (QED) is 0.248. The Morgan fingerprint density at radius 3 is 2.41 bits per heavy atom. The van der Waals surface area contributed by atoms with Crippen molar-refractivity contribution >= 4 is 16.4 Å². The van der Waals surface area contributed by atoms with Crippen molar-refractivity contribution in [2.24, 2.45) is 0 Å². The minimum absolute atomic E-state index is 0.238. The molecule has 0 radical (unpaired) electrons. The summed E-state index contributed by atoms with van der Waals surface area (Å²) in [5.74, 6) is 2.31. The van der Waals surface area contributed by atoms with Gasteiger partial charge in [-0.15, -0.1) is 5.10 Å². The van der Waals surface area contributed by atoms with Crippen LogP contribution in [0.5, 0.6) is 17.5 Å². The van der Waals surface area contributed by atoms with E-state index in [2.05, 4.69) is 36.4 Å². The lowest BCUT2D eigenvalue weighted by Crippen LogP contribution is -2.16. The zero-order chi connectivity index (χ0) is 27.5. The van der Waals surface area contributed by atoms with E-state index in [-0.39, 0.29) is 5.92 Å². The van der Waals surface area contributed by atoms with Gasteiger partial charge in [0.25, 0.3) is 0 Å². The molecule has 0 N–H and O–H groups in total. The lowest BCUT2D eigenvalue weighted by atomic mass is 9.84. The number of aryl methyl sites for hydroxylation is 1. The van der Waals surface area contributed by atoms with Gasteiger partial charge in [0.15, 0.2) is 11.5 Å². The van der Waals surface area contributed by atoms with Crippen molar-refractivity contribution in [2.45, 2.75) is 12.8 Å². The van der Waals surface area contributed by atoms with Crippen molar-refractivity contribution < 1.29 is 9.47 Å². The third-order valence-corrected chi connectivity index (χ3v) is 7.70. The smallest absolute Gasteiger partial charge is 0.230 e. The third kappa shape index (κ3) is 3.61. The van der Waals surface area contributed by atoms with Crippen molar-refractivity contribution in [3.63, 3.8) is 0 Å². The Kier molecular flexibility index (Phi) is 5.15. The van der Waals surface area contributed by atoms with Gasteiger partial charge in [-0.3, -0.25) is 0 Å². The van der Waals surface area contributed by atoms with E-state index in [1.165, 1.54) is 0 Å². The van der Waals surface area contributed by atoms with E-state index in [0.717, 1.165) is 50.2 Å². The summed E-state index contributed by atoms with van der Waals surface area (Å²) in [6, 6.07) is 32.5. The molecule has 198 valence electrons. The summed E-state index contributed by atoms with van der Waals surface area (Å²) in [5.41, 5.74) is 6.30. The number of methoxy groups -OCH3 is 1. The van der Waals surface area contributed by atoms with Crippen LogP contribution in [0.15, 0.2) is 103 Å². The van der Waals surface area contributed by atoms with Crippen LogP contribution in [-0.4, -0.2) is 36.5 Å². The number of hydrogen-bond donors (Lipinski definition) is 0. The fourth-order valence-electron chi connectivity index (χ4n) is 5.79. The minimum Gasteiger partial charge on any atom is -0.497 e. The Balaban J connectivity index is 1.38. The molecule has 1 atom stereocenters. The van der Waals surface area contributed by atoms with Gasteiger partial charge in [-0.25, -0.2) is 19.2 Å². The van der Waals surface area contributed by atoms with E-state index in [1.807, 2.05) is 72.3 Å². The molecule has 0 spiro atoms.